The Labute approximate surface area is 167 Å². The third-order valence-corrected chi connectivity index (χ3v) is 3.93. The summed E-state index contributed by atoms with van der Waals surface area (Å²) in [7, 11) is 0. The first kappa shape index (κ1) is 21.0. The molecule has 0 bridgehead atoms. The van der Waals surface area contributed by atoms with Crippen molar-refractivity contribution >= 4 is 22.4 Å². The van der Waals surface area contributed by atoms with Crippen LogP contribution < -0.4 is 9.88 Å². The molecule has 0 aliphatic heterocycles. The molecule has 0 atom stereocenters. The molecule has 0 radical (unpaired) electrons. The molecular weight excluding hydrogens is 344 g/mol. The number of rotatable bonds is 4. The summed E-state index contributed by atoms with van der Waals surface area (Å²) in [6, 6.07) is 22.5. The van der Waals surface area contributed by atoms with Crippen molar-refractivity contribution in [3.63, 3.8) is 0 Å². The van der Waals surface area contributed by atoms with Crippen LogP contribution in [0.4, 0.5) is 11.5 Å². The van der Waals surface area contributed by atoms with Gasteiger partial charge >= 0.3 is 0 Å². The molecule has 0 amide bonds. The molecule has 0 aliphatic carbocycles. The Balaban J connectivity index is 0.000000660. The molecule has 2 heterocycles. The topological polar surface area (TPSA) is 41.7 Å². The molecule has 144 valence electrons. The van der Waals surface area contributed by atoms with E-state index in [4.69, 9.17) is 0 Å². The van der Waals surface area contributed by atoms with E-state index in [1.54, 1.807) is 0 Å². The van der Waals surface area contributed by atoms with Crippen LogP contribution in [0.3, 0.4) is 0 Å². The average molecular weight is 374 g/mol. The molecule has 0 saturated heterocycles. The van der Waals surface area contributed by atoms with E-state index in [0.717, 1.165) is 29.0 Å². The molecule has 0 saturated carbocycles. The number of hydrogen-bond acceptors (Lipinski definition) is 3. The van der Waals surface area contributed by atoms with E-state index < -0.39 is 0 Å². The highest BCUT2D eigenvalue weighted by molar-refractivity contribution is 5.88. The third-order valence-electron chi connectivity index (χ3n) is 3.93. The first-order valence-corrected chi connectivity index (χ1v) is 9.88. The average Bonchev–Trinajstić information content (AvgIpc) is 2.80. The third kappa shape index (κ3) is 5.36. The lowest BCUT2D eigenvalue weighted by Gasteiger charge is -2.07. The van der Waals surface area contributed by atoms with E-state index in [2.05, 4.69) is 38.1 Å². The number of nitrogens with zero attached hydrogens (tertiary/aromatic N) is 3. The van der Waals surface area contributed by atoms with Gasteiger partial charge in [0.15, 0.2) is 0 Å². The maximum absolute atomic E-state index is 4.63. The second-order valence-corrected chi connectivity index (χ2v) is 5.58. The molecular formula is C24H29N4+. The van der Waals surface area contributed by atoms with Crippen LogP contribution in [-0.2, 0) is 6.54 Å². The highest BCUT2D eigenvalue weighted by Gasteiger charge is 2.14. The first-order chi connectivity index (χ1) is 13.9. The summed E-state index contributed by atoms with van der Waals surface area (Å²) in [5, 5.41) is 4.50. The van der Waals surface area contributed by atoms with Gasteiger partial charge in [0.25, 0.3) is 12.1 Å². The summed E-state index contributed by atoms with van der Waals surface area (Å²) in [5.41, 5.74) is 3.37. The van der Waals surface area contributed by atoms with Gasteiger partial charge in [-0.2, -0.15) is 0 Å². The zero-order valence-corrected chi connectivity index (χ0v) is 17.1. The number of para-hydroxylation sites is 2. The van der Waals surface area contributed by atoms with E-state index in [1.165, 1.54) is 5.56 Å². The Morgan fingerprint density at radius 1 is 0.786 bits per heavy atom. The van der Waals surface area contributed by atoms with Crippen molar-refractivity contribution in [1.29, 1.82) is 0 Å². The van der Waals surface area contributed by atoms with E-state index in [9.17, 15) is 0 Å². The molecule has 0 aliphatic rings. The number of fused-ring (bicyclic) bond motifs is 1. The predicted octanol–water partition coefficient (Wildman–Crippen LogP) is 5.76. The van der Waals surface area contributed by atoms with Gasteiger partial charge in [-0.05, 0) is 46.9 Å². The van der Waals surface area contributed by atoms with Crippen molar-refractivity contribution in [3.05, 3.63) is 91.0 Å². The van der Waals surface area contributed by atoms with Crippen molar-refractivity contribution in [1.82, 2.24) is 9.97 Å². The molecule has 0 fully saturated rings. The lowest BCUT2D eigenvalue weighted by molar-refractivity contribution is -0.665. The quantitative estimate of drug-likeness (QED) is 0.462. The van der Waals surface area contributed by atoms with Crippen LogP contribution in [-0.4, -0.2) is 9.97 Å². The standard InChI is InChI=1S/C20H16N4.2C2H6/c1-2-6-17(7-3-1)23-20-18-8-4-5-9-19(18)24(15-22-20)14-16-10-12-21-13-11-16;2*1-2/h1-13,15H,14H2;2*1-2H3/p+1. The summed E-state index contributed by atoms with van der Waals surface area (Å²) >= 11 is 0. The van der Waals surface area contributed by atoms with E-state index in [1.807, 2.05) is 94.9 Å². The van der Waals surface area contributed by atoms with Crippen LogP contribution in [0.1, 0.15) is 33.3 Å². The van der Waals surface area contributed by atoms with E-state index in [0.29, 0.717) is 0 Å². The molecule has 0 spiro atoms. The molecule has 1 N–H and O–H groups in total. The maximum atomic E-state index is 4.63. The predicted molar refractivity (Wildman–Crippen MR) is 118 cm³/mol. The molecule has 4 rings (SSSR count). The Morgan fingerprint density at radius 3 is 2.14 bits per heavy atom. The van der Waals surface area contributed by atoms with Crippen molar-refractivity contribution in [2.45, 2.75) is 34.2 Å². The Bertz CT molecular complexity index is 874. The van der Waals surface area contributed by atoms with Crippen molar-refractivity contribution < 1.29 is 4.57 Å². The Morgan fingerprint density at radius 2 is 1.43 bits per heavy atom. The fraction of sp³-hybridized carbons (Fsp3) is 0.208. The van der Waals surface area contributed by atoms with Gasteiger partial charge in [0.1, 0.15) is 12.1 Å². The number of hydrogen-bond donors (Lipinski definition) is 1. The number of benzene rings is 2. The molecule has 2 aromatic heterocycles. The van der Waals surface area contributed by atoms with Crippen LogP contribution in [0.25, 0.3) is 10.9 Å². The Kier molecular flexibility index (Phi) is 8.60. The zero-order chi connectivity index (χ0) is 20.2. The molecule has 0 unspecified atom stereocenters. The molecule has 28 heavy (non-hydrogen) atoms. The first-order valence-electron chi connectivity index (χ1n) is 9.88. The van der Waals surface area contributed by atoms with Crippen LogP contribution in [0.15, 0.2) is 85.5 Å². The number of nitrogens with one attached hydrogen (secondary N) is 1. The number of anilines is 2. The monoisotopic (exact) mass is 373 g/mol. The molecule has 2 aromatic carbocycles. The zero-order valence-electron chi connectivity index (χ0n) is 17.1. The second kappa shape index (κ2) is 11.4. The largest absolute Gasteiger partial charge is 0.319 e. The lowest BCUT2D eigenvalue weighted by Crippen LogP contribution is -2.35. The van der Waals surface area contributed by atoms with Crippen LogP contribution in [0.2, 0.25) is 0 Å². The van der Waals surface area contributed by atoms with Crippen molar-refractivity contribution in [2.75, 3.05) is 5.32 Å². The summed E-state index contributed by atoms with van der Waals surface area (Å²) < 4.78 is 2.15. The Hall–Kier alpha value is -3.27. The SMILES string of the molecule is CC.CC.c1ccc(Nc2nc[n+](Cc3ccncc3)c3ccccc23)cc1. The number of aromatic nitrogens is 3. The van der Waals surface area contributed by atoms with E-state index in [-0.39, 0.29) is 0 Å². The van der Waals surface area contributed by atoms with Crippen molar-refractivity contribution in [2.24, 2.45) is 0 Å². The normalized spacial score (nSPS) is 9.57. The minimum absolute atomic E-state index is 0.766. The van der Waals surface area contributed by atoms with E-state index >= 15 is 0 Å². The smallest absolute Gasteiger partial charge is 0.289 e. The summed E-state index contributed by atoms with van der Waals surface area (Å²) in [6.07, 6.45) is 5.52. The fourth-order valence-corrected chi connectivity index (χ4v) is 2.75. The fourth-order valence-electron chi connectivity index (χ4n) is 2.75. The van der Waals surface area contributed by atoms with Gasteiger partial charge in [-0.25, -0.2) is 4.57 Å². The van der Waals surface area contributed by atoms with Crippen molar-refractivity contribution in [3.8, 4) is 0 Å². The van der Waals surface area contributed by atoms with Gasteiger partial charge in [-0.1, -0.05) is 58.0 Å². The summed E-state index contributed by atoms with van der Waals surface area (Å²) in [6.45, 7) is 8.77. The summed E-state index contributed by atoms with van der Waals surface area (Å²) in [5.74, 6) is 0.864. The number of pyridine rings is 1. The minimum atomic E-state index is 0.766. The second-order valence-electron chi connectivity index (χ2n) is 5.58. The van der Waals surface area contributed by atoms with Gasteiger partial charge in [0, 0.05) is 18.1 Å². The van der Waals surface area contributed by atoms with Gasteiger partial charge in [-0.3, -0.25) is 4.98 Å². The van der Waals surface area contributed by atoms with Gasteiger partial charge < -0.3 is 5.32 Å². The molecule has 4 aromatic rings. The summed E-state index contributed by atoms with van der Waals surface area (Å²) in [4.78, 5) is 8.71. The highest BCUT2D eigenvalue weighted by atomic mass is 15.1. The van der Waals surface area contributed by atoms with Crippen LogP contribution >= 0.6 is 0 Å². The minimum Gasteiger partial charge on any atom is -0.319 e. The van der Waals surface area contributed by atoms with Crippen LogP contribution in [0, 0.1) is 0 Å². The molecule has 4 nitrogen and oxygen atoms in total. The lowest BCUT2D eigenvalue weighted by atomic mass is 10.2. The molecule has 4 heteroatoms. The highest BCUT2D eigenvalue weighted by Crippen LogP contribution is 2.21. The maximum Gasteiger partial charge on any atom is 0.289 e. The van der Waals surface area contributed by atoms with Gasteiger partial charge in [-0.15, -0.1) is 0 Å². The van der Waals surface area contributed by atoms with Gasteiger partial charge in [0.2, 0.25) is 0 Å². The van der Waals surface area contributed by atoms with Crippen LogP contribution in [0.5, 0.6) is 0 Å². The van der Waals surface area contributed by atoms with Gasteiger partial charge in [0.05, 0.1) is 5.39 Å².